The van der Waals surface area contributed by atoms with Gasteiger partial charge >= 0.3 is 0 Å². The van der Waals surface area contributed by atoms with E-state index in [9.17, 15) is 9.90 Å². The summed E-state index contributed by atoms with van der Waals surface area (Å²) >= 11 is 0. The van der Waals surface area contributed by atoms with Crippen LogP contribution in [0.1, 0.15) is 28.4 Å². The van der Waals surface area contributed by atoms with Crippen LogP contribution in [0.3, 0.4) is 0 Å². The van der Waals surface area contributed by atoms with Gasteiger partial charge in [-0.25, -0.2) is 0 Å². The number of carbonyl (C=O) groups is 1. The second-order valence-electron chi connectivity index (χ2n) is 10.1. The number of H-pyrrole nitrogens is 1. The SMILES string of the molecule is COc1ccc2c3c([nH]c2c1)[C@H](CO)N(Cc1ccccc1)CC31CN(C(=O)Cc2ccccc2)C1. The summed E-state index contributed by atoms with van der Waals surface area (Å²) in [7, 11) is 1.67. The van der Waals surface area contributed by atoms with E-state index < -0.39 is 0 Å². The second-order valence-corrected chi connectivity index (χ2v) is 10.1. The van der Waals surface area contributed by atoms with Crippen LogP contribution in [0.2, 0.25) is 0 Å². The fourth-order valence-electron chi connectivity index (χ4n) is 6.10. The largest absolute Gasteiger partial charge is 0.497 e. The number of aromatic amines is 1. The molecule has 0 aliphatic carbocycles. The van der Waals surface area contributed by atoms with Crippen LogP contribution in [0.25, 0.3) is 10.9 Å². The molecule has 184 valence electrons. The Balaban J connectivity index is 1.36. The fourth-order valence-corrected chi connectivity index (χ4v) is 6.10. The summed E-state index contributed by atoms with van der Waals surface area (Å²) in [5, 5.41) is 11.7. The molecule has 1 atom stereocenters. The molecule has 0 saturated carbocycles. The third kappa shape index (κ3) is 3.87. The predicted octanol–water partition coefficient (Wildman–Crippen LogP) is 4.05. The fraction of sp³-hybridized carbons (Fsp3) is 0.300. The summed E-state index contributed by atoms with van der Waals surface area (Å²) in [6, 6.07) is 26.3. The van der Waals surface area contributed by atoms with Gasteiger partial charge in [0.15, 0.2) is 0 Å². The maximum atomic E-state index is 13.2. The number of fused-ring (bicyclic) bond motifs is 4. The molecule has 1 amide bonds. The lowest BCUT2D eigenvalue weighted by atomic mass is 9.68. The zero-order valence-corrected chi connectivity index (χ0v) is 20.5. The first-order valence-corrected chi connectivity index (χ1v) is 12.5. The van der Waals surface area contributed by atoms with Crippen molar-refractivity contribution in [3.05, 3.63) is 101 Å². The number of hydrogen-bond donors (Lipinski definition) is 2. The van der Waals surface area contributed by atoms with E-state index in [-0.39, 0.29) is 24.0 Å². The maximum absolute atomic E-state index is 13.2. The Morgan fingerprint density at radius 2 is 1.69 bits per heavy atom. The number of aliphatic hydroxyl groups is 1. The van der Waals surface area contributed by atoms with Crippen molar-refractivity contribution >= 4 is 16.8 Å². The van der Waals surface area contributed by atoms with Gasteiger partial charge in [0.2, 0.25) is 5.91 Å². The summed E-state index contributed by atoms with van der Waals surface area (Å²) in [4.78, 5) is 21.1. The number of ether oxygens (including phenoxy) is 1. The van der Waals surface area contributed by atoms with E-state index in [2.05, 4.69) is 40.2 Å². The highest BCUT2D eigenvalue weighted by Crippen LogP contribution is 2.49. The number of nitrogens with zero attached hydrogens (tertiary/aromatic N) is 2. The van der Waals surface area contributed by atoms with Gasteiger partial charge < -0.3 is 19.7 Å². The lowest BCUT2D eigenvalue weighted by Crippen LogP contribution is -2.67. The third-order valence-corrected chi connectivity index (χ3v) is 7.78. The maximum Gasteiger partial charge on any atom is 0.227 e. The molecule has 0 radical (unpaired) electrons. The Bertz CT molecular complexity index is 1380. The van der Waals surface area contributed by atoms with Crippen LogP contribution in [0.15, 0.2) is 78.9 Å². The van der Waals surface area contributed by atoms with E-state index in [0.29, 0.717) is 19.5 Å². The first kappa shape index (κ1) is 22.8. The predicted molar refractivity (Wildman–Crippen MR) is 140 cm³/mol. The molecule has 1 saturated heterocycles. The molecule has 3 heterocycles. The molecule has 2 aliphatic heterocycles. The van der Waals surface area contributed by atoms with Gasteiger partial charge in [0.25, 0.3) is 0 Å². The number of amides is 1. The van der Waals surface area contributed by atoms with Crippen molar-refractivity contribution in [2.24, 2.45) is 0 Å². The average molecular weight is 482 g/mol. The number of aromatic nitrogens is 1. The number of likely N-dealkylation sites (tertiary alicyclic amines) is 1. The van der Waals surface area contributed by atoms with Gasteiger partial charge in [-0.05, 0) is 28.8 Å². The number of rotatable bonds is 6. The molecule has 1 spiro atoms. The first-order valence-electron chi connectivity index (χ1n) is 12.5. The van der Waals surface area contributed by atoms with Gasteiger partial charge in [-0.15, -0.1) is 0 Å². The Labute approximate surface area is 211 Å². The first-order chi connectivity index (χ1) is 17.6. The average Bonchev–Trinajstić information content (AvgIpc) is 3.27. The van der Waals surface area contributed by atoms with E-state index in [1.165, 1.54) is 11.1 Å². The molecular formula is C30H31N3O3. The lowest BCUT2D eigenvalue weighted by Gasteiger charge is -2.56. The van der Waals surface area contributed by atoms with Crippen molar-refractivity contribution < 1.29 is 14.6 Å². The monoisotopic (exact) mass is 481 g/mol. The van der Waals surface area contributed by atoms with Crippen LogP contribution >= 0.6 is 0 Å². The summed E-state index contributed by atoms with van der Waals surface area (Å²) < 4.78 is 5.47. The van der Waals surface area contributed by atoms with Gasteiger partial charge in [0, 0.05) is 54.3 Å². The number of hydrogen-bond acceptors (Lipinski definition) is 4. The van der Waals surface area contributed by atoms with Crippen LogP contribution in [-0.4, -0.2) is 59.1 Å². The molecule has 2 aliphatic rings. The van der Waals surface area contributed by atoms with Crippen molar-refractivity contribution in [3.63, 3.8) is 0 Å². The zero-order chi connectivity index (χ0) is 24.7. The highest BCUT2D eigenvalue weighted by Gasteiger charge is 2.53. The number of nitrogens with one attached hydrogen (secondary N) is 1. The summed E-state index contributed by atoms with van der Waals surface area (Å²) in [5.74, 6) is 0.957. The molecule has 1 fully saturated rings. The summed E-state index contributed by atoms with van der Waals surface area (Å²) in [6.45, 7) is 2.90. The molecule has 36 heavy (non-hydrogen) atoms. The standard InChI is InChI=1S/C30H31N3O3/c1-36-23-12-13-24-25(15-23)31-29-26(17-34)32(16-22-10-6-3-7-11-22)18-30(28(24)29)19-33(20-30)27(35)14-21-8-4-2-5-9-21/h2-13,15,26,31,34H,14,16-20H2,1H3/t26-/m0/s1. The number of carbonyl (C=O) groups excluding carboxylic acids is 1. The molecule has 1 aromatic heterocycles. The van der Waals surface area contributed by atoms with Gasteiger partial charge in [0.1, 0.15) is 5.75 Å². The summed E-state index contributed by atoms with van der Waals surface area (Å²) in [5.41, 5.74) is 5.37. The molecule has 6 heteroatoms. The zero-order valence-electron chi connectivity index (χ0n) is 20.5. The van der Waals surface area contributed by atoms with Crippen molar-refractivity contribution in [2.45, 2.75) is 24.4 Å². The van der Waals surface area contributed by atoms with Crippen molar-refractivity contribution in [1.82, 2.24) is 14.8 Å². The van der Waals surface area contributed by atoms with Crippen LogP contribution in [0.4, 0.5) is 0 Å². The highest BCUT2D eigenvalue weighted by molar-refractivity contribution is 5.89. The number of benzene rings is 3. The van der Waals surface area contributed by atoms with Gasteiger partial charge in [-0.3, -0.25) is 9.69 Å². The van der Waals surface area contributed by atoms with Gasteiger partial charge in [-0.1, -0.05) is 60.7 Å². The minimum Gasteiger partial charge on any atom is -0.497 e. The number of aliphatic hydroxyl groups excluding tert-OH is 1. The minimum atomic E-state index is -0.186. The molecule has 0 unspecified atom stereocenters. The molecule has 2 N–H and O–H groups in total. The van der Waals surface area contributed by atoms with Crippen molar-refractivity contribution in [1.29, 1.82) is 0 Å². The quantitative estimate of drug-likeness (QED) is 0.436. The molecule has 4 aromatic rings. The molecule has 6 nitrogen and oxygen atoms in total. The molecule has 0 bridgehead atoms. The smallest absolute Gasteiger partial charge is 0.227 e. The lowest BCUT2D eigenvalue weighted by molar-refractivity contribution is -0.140. The van der Waals surface area contributed by atoms with E-state index in [1.807, 2.05) is 53.4 Å². The normalized spacial score (nSPS) is 18.7. The van der Waals surface area contributed by atoms with Crippen molar-refractivity contribution in [3.8, 4) is 5.75 Å². The summed E-state index contributed by atoms with van der Waals surface area (Å²) in [6.07, 6.45) is 0.419. The van der Waals surface area contributed by atoms with E-state index in [1.54, 1.807) is 7.11 Å². The molecular weight excluding hydrogens is 450 g/mol. The minimum absolute atomic E-state index is 0.0243. The van der Waals surface area contributed by atoms with E-state index >= 15 is 0 Å². The van der Waals surface area contributed by atoms with Gasteiger partial charge in [0.05, 0.1) is 26.2 Å². The Morgan fingerprint density at radius 3 is 2.36 bits per heavy atom. The van der Waals surface area contributed by atoms with E-state index in [0.717, 1.165) is 41.0 Å². The molecule has 3 aromatic carbocycles. The van der Waals surface area contributed by atoms with Crippen LogP contribution < -0.4 is 4.74 Å². The van der Waals surface area contributed by atoms with Crippen LogP contribution in [-0.2, 0) is 23.2 Å². The second kappa shape index (κ2) is 9.12. The Hall–Kier alpha value is -3.61. The van der Waals surface area contributed by atoms with Gasteiger partial charge in [-0.2, -0.15) is 0 Å². The van der Waals surface area contributed by atoms with E-state index in [4.69, 9.17) is 4.74 Å². The molecule has 6 rings (SSSR count). The van der Waals surface area contributed by atoms with Crippen LogP contribution in [0, 0.1) is 0 Å². The Morgan fingerprint density at radius 1 is 1.00 bits per heavy atom. The van der Waals surface area contributed by atoms with Crippen molar-refractivity contribution in [2.75, 3.05) is 33.4 Å². The Kier molecular flexibility index (Phi) is 5.78. The topological polar surface area (TPSA) is 68.8 Å². The van der Waals surface area contributed by atoms with Crippen LogP contribution in [0.5, 0.6) is 5.75 Å². The third-order valence-electron chi connectivity index (χ3n) is 7.78. The number of methoxy groups -OCH3 is 1. The highest BCUT2D eigenvalue weighted by atomic mass is 16.5.